The molecule has 1 amide bonds. The van der Waals surface area contributed by atoms with Crippen LogP contribution in [0, 0.1) is 5.82 Å². The molecule has 32 heavy (non-hydrogen) atoms. The number of aliphatic hydroxyl groups excluding tert-OH is 3. The molecule has 2 aromatic heterocycles. The third kappa shape index (κ3) is 5.33. The van der Waals surface area contributed by atoms with E-state index in [9.17, 15) is 24.5 Å². The van der Waals surface area contributed by atoms with E-state index < -0.39 is 31.3 Å². The van der Waals surface area contributed by atoms with E-state index in [1.54, 1.807) is 24.5 Å². The number of rotatable bonds is 10. The maximum absolute atomic E-state index is 13.4. The smallest absolute Gasteiger partial charge is 0.221 e. The predicted molar refractivity (Wildman–Crippen MR) is 119 cm³/mol. The van der Waals surface area contributed by atoms with E-state index in [0.717, 1.165) is 16.8 Å². The number of benzene rings is 1. The number of aliphatic hydroxyl groups is 3. The minimum absolute atomic E-state index is 0.0930. The van der Waals surface area contributed by atoms with Crippen LogP contribution in [0.15, 0.2) is 53.9 Å². The highest BCUT2D eigenvalue weighted by Gasteiger charge is 2.29. The first-order chi connectivity index (χ1) is 15.4. The van der Waals surface area contributed by atoms with Gasteiger partial charge in [0, 0.05) is 42.7 Å². The fourth-order valence-electron chi connectivity index (χ4n) is 3.12. The minimum Gasteiger partial charge on any atom is -0.394 e. The molecular weight excluding hydrogens is 435 g/mol. The maximum Gasteiger partial charge on any atom is 0.221 e. The van der Waals surface area contributed by atoms with Crippen molar-refractivity contribution in [1.82, 2.24) is 19.9 Å². The van der Waals surface area contributed by atoms with Gasteiger partial charge in [-0.1, -0.05) is 11.8 Å². The molecule has 1 aromatic carbocycles. The Morgan fingerprint density at radius 1 is 1.06 bits per heavy atom. The first kappa shape index (κ1) is 23.9. The molecule has 0 atom stereocenters. The molecule has 8 nitrogen and oxygen atoms in total. The number of imidazole rings is 1. The van der Waals surface area contributed by atoms with Gasteiger partial charge < -0.3 is 25.2 Å². The number of hydrogen-bond acceptors (Lipinski definition) is 7. The average molecular weight is 461 g/mol. The number of hydrogen-bond donors (Lipinski definition) is 4. The van der Waals surface area contributed by atoms with Crippen LogP contribution in [0.1, 0.15) is 6.42 Å². The standard InChI is InChI=1S/C22H25FN4O4S/c1-27-20(16-6-9-24-10-7-16)19(15-2-4-17(23)5-3-15)25-21(27)32-11-8-18(31)26-22(12-28,13-29)14-30/h2-7,9-10,28-30H,8,11-14H2,1H3,(H,26,31). The molecule has 170 valence electrons. The number of amides is 1. The summed E-state index contributed by atoms with van der Waals surface area (Å²) in [6, 6.07) is 9.83. The zero-order chi connectivity index (χ0) is 23.1. The molecule has 0 radical (unpaired) electrons. The van der Waals surface area contributed by atoms with Crippen molar-refractivity contribution in [2.45, 2.75) is 17.1 Å². The lowest BCUT2D eigenvalue weighted by Crippen LogP contribution is -2.57. The number of carbonyl (C=O) groups is 1. The minimum atomic E-state index is -1.45. The second-order valence-electron chi connectivity index (χ2n) is 7.29. The Balaban J connectivity index is 1.80. The number of nitrogens with zero attached hydrogens (tertiary/aromatic N) is 3. The molecule has 2 heterocycles. The topological polar surface area (TPSA) is 121 Å². The van der Waals surface area contributed by atoms with Crippen LogP contribution >= 0.6 is 11.8 Å². The highest BCUT2D eigenvalue weighted by molar-refractivity contribution is 7.99. The van der Waals surface area contributed by atoms with Crippen LogP contribution in [0.4, 0.5) is 4.39 Å². The van der Waals surface area contributed by atoms with Gasteiger partial charge in [-0.2, -0.15) is 0 Å². The Morgan fingerprint density at radius 2 is 1.69 bits per heavy atom. The molecule has 0 spiro atoms. The van der Waals surface area contributed by atoms with E-state index in [0.29, 0.717) is 16.6 Å². The molecule has 0 fully saturated rings. The van der Waals surface area contributed by atoms with Crippen LogP contribution in [0.3, 0.4) is 0 Å². The van der Waals surface area contributed by atoms with Crippen molar-refractivity contribution in [3.8, 4) is 22.5 Å². The van der Waals surface area contributed by atoms with E-state index in [4.69, 9.17) is 4.98 Å². The Morgan fingerprint density at radius 3 is 2.28 bits per heavy atom. The zero-order valence-corrected chi connectivity index (χ0v) is 18.3. The summed E-state index contributed by atoms with van der Waals surface area (Å²) in [4.78, 5) is 21.0. The zero-order valence-electron chi connectivity index (χ0n) is 17.5. The molecule has 3 aromatic rings. The van der Waals surface area contributed by atoms with Gasteiger partial charge in [0.15, 0.2) is 5.16 Å². The molecule has 0 aliphatic carbocycles. The summed E-state index contributed by atoms with van der Waals surface area (Å²) in [6.45, 7) is -1.72. The van der Waals surface area contributed by atoms with Gasteiger partial charge in [0.1, 0.15) is 11.4 Å². The van der Waals surface area contributed by atoms with E-state index in [1.165, 1.54) is 23.9 Å². The summed E-state index contributed by atoms with van der Waals surface area (Å²) in [5, 5.41) is 31.2. The highest BCUT2D eigenvalue weighted by Crippen LogP contribution is 2.35. The first-order valence-corrected chi connectivity index (χ1v) is 10.9. The molecule has 0 saturated heterocycles. The summed E-state index contributed by atoms with van der Waals surface area (Å²) in [6.07, 6.45) is 3.46. The van der Waals surface area contributed by atoms with Gasteiger partial charge in [0.25, 0.3) is 0 Å². The quantitative estimate of drug-likeness (QED) is 0.339. The van der Waals surface area contributed by atoms with Crippen molar-refractivity contribution in [3.63, 3.8) is 0 Å². The number of pyridine rings is 1. The number of thioether (sulfide) groups is 1. The Labute approximate surface area is 189 Å². The van der Waals surface area contributed by atoms with E-state index in [2.05, 4.69) is 10.3 Å². The fraction of sp³-hybridized carbons (Fsp3) is 0.318. The fourth-order valence-corrected chi connectivity index (χ4v) is 4.03. The van der Waals surface area contributed by atoms with Crippen molar-refractivity contribution in [1.29, 1.82) is 0 Å². The van der Waals surface area contributed by atoms with Gasteiger partial charge in [-0.3, -0.25) is 9.78 Å². The van der Waals surface area contributed by atoms with Crippen molar-refractivity contribution in [2.75, 3.05) is 25.6 Å². The monoisotopic (exact) mass is 460 g/mol. The SMILES string of the molecule is Cn1c(SCCC(=O)NC(CO)(CO)CO)nc(-c2ccc(F)cc2)c1-c1ccncc1. The Kier molecular flexibility index (Phi) is 7.97. The van der Waals surface area contributed by atoms with Gasteiger partial charge in [0.05, 0.1) is 31.2 Å². The van der Waals surface area contributed by atoms with E-state index >= 15 is 0 Å². The molecule has 4 N–H and O–H groups in total. The predicted octanol–water partition coefficient (Wildman–Crippen LogP) is 1.60. The molecule has 0 unspecified atom stereocenters. The normalized spacial score (nSPS) is 11.5. The van der Waals surface area contributed by atoms with Crippen LogP contribution in [-0.4, -0.2) is 66.9 Å². The van der Waals surface area contributed by atoms with Gasteiger partial charge in [0.2, 0.25) is 5.91 Å². The molecular formula is C22H25FN4O4S. The van der Waals surface area contributed by atoms with Crippen molar-refractivity contribution >= 4 is 17.7 Å². The van der Waals surface area contributed by atoms with Gasteiger partial charge in [-0.15, -0.1) is 0 Å². The molecule has 3 rings (SSSR count). The molecule has 10 heteroatoms. The Bertz CT molecular complexity index is 1030. The molecule has 0 saturated carbocycles. The number of carbonyl (C=O) groups excluding carboxylic acids is 1. The summed E-state index contributed by atoms with van der Waals surface area (Å²) in [5.41, 5.74) is 1.74. The average Bonchev–Trinajstić information content (AvgIpc) is 3.14. The van der Waals surface area contributed by atoms with Crippen LogP contribution < -0.4 is 5.32 Å². The number of halogens is 1. The summed E-state index contributed by atoms with van der Waals surface area (Å²) >= 11 is 1.37. The summed E-state index contributed by atoms with van der Waals surface area (Å²) < 4.78 is 15.3. The van der Waals surface area contributed by atoms with Crippen LogP contribution in [0.5, 0.6) is 0 Å². The van der Waals surface area contributed by atoms with Crippen LogP contribution in [0.25, 0.3) is 22.5 Å². The van der Waals surface area contributed by atoms with Crippen molar-refractivity contribution in [2.24, 2.45) is 7.05 Å². The van der Waals surface area contributed by atoms with E-state index in [1.807, 2.05) is 23.7 Å². The van der Waals surface area contributed by atoms with Crippen LogP contribution in [0.2, 0.25) is 0 Å². The van der Waals surface area contributed by atoms with Gasteiger partial charge in [-0.05, 0) is 36.4 Å². The summed E-state index contributed by atoms with van der Waals surface area (Å²) in [5.74, 6) is -0.356. The lowest BCUT2D eigenvalue weighted by Gasteiger charge is -2.28. The van der Waals surface area contributed by atoms with Gasteiger partial charge >= 0.3 is 0 Å². The molecule has 0 bridgehead atoms. The number of aromatic nitrogens is 3. The largest absolute Gasteiger partial charge is 0.394 e. The third-order valence-corrected chi connectivity index (χ3v) is 6.03. The lowest BCUT2D eigenvalue weighted by molar-refractivity contribution is -0.124. The van der Waals surface area contributed by atoms with Gasteiger partial charge in [-0.25, -0.2) is 9.37 Å². The maximum atomic E-state index is 13.4. The first-order valence-electron chi connectivity index (χ1n) is 9.92. The van der Waals surface area contributed by atoms with Crippen LogP contribution in [-0.2, 0) is 11.8 Å². The Hall–Kier alpha value is -2.79. The van der Waals surface area contributed by atoms with Crippen molar-refractivity contribution < 1.29 is 24.5 Å². The second kappa shape index (κ2) is 10.7. The van der Waals surface area contributed by atoms with E-state index in [-0.39, 0.29) is 12.2 Å². The second-order valence-corrected chi connectivity index (χ2v) is 8.36. The highest BCUT2D eigenvalue weighted by atomic mass is 32.2. The van der Waals surface area contributed by atoms with Crippen molar-refractivity contribution in [3.05, 3.63) is 54.6 Å². The molecule has 0 aliphatic rings. The number of nitrogens with one attached hydrogen (secondary N) is 1. The summed E-state index contributed by atoms with van der Waals surface area (Å²) in [7, 11) is 1.87. The lowest BCUT2D eigenvalue weighted by atomic mass is 10.0. The molecule has 0 aliphatic heterocycles. The third-order valence-electron chi connectivity index (χ3n) is 5.00.